The molecule has 0 N–H and O–H groups in total. The summed E-state index contributed by atoms with van der Waals surface area (Å²) >= 11 is 0. The van der Waals surface area contributed by atoms with Crippen LogP contribution in [0.4, 0.5) is 0 Å². The Morgan fingerprint density at radius 3 is 1.92 bits per heavy atom. The number of unbranched alkanes of at least 4 members (excludes halogenated alkanes) is 7. The molecule has 0 saturated carbocycles. The molecule has 0 aromatic rings. The van der Waals surface area contributed by atoms with Crippen LogP contribution in [0.2, 0.25) is 0 Å². The normalized spacial score (nSPS) is 12.1. The summed E-state index contributed by atoms with van der Waals surface area (Å²) in [7, 11) is 1.35. The number of ether oxygens (including phenoxy) is 1. The molecule has 0 aliphatic rings. The van der Waals surface area contributed by atoms with Gasteiger partial charge in [-0.25, -0.2) is 4.79 Å². The van der Waals surface area contributed by atoms with Crippen molar-refractivity contribution >= 4 is 17.7 Å². The molecule has 0 rings (SSSR count). The zero-order valence-corrected chi connectivity index (χ0v) is 17.5. The molecule has 0 aromatic heterocycles. The van der Waals surface area contributed by atoms with Gasteiger partial charge in [0.2, 0.25) is 5.91 Å². The van der Waals surface area contributed by atoms with Crippen molar-refractivity contribution in [3.8, 4) is 0 Å². The highest BCUT2D eigenvalue weighted by Gasteiger charge is 2.31. The highest BCUT2D eigenvalue weighted by atomic mass is 16.5. The number of carbonyl (C=O) groups is 3. The van der Waals surface area contributed by atoms with E-state index in [4.69, 9.17) is 4.74 Å². The summed E-state index contributed by atoms with van der Waals surface area (Å²) in [5, 5.41) is 0. The van der Waals surface area contributed by atoms with Crippen molar-refractivity contribution in [3.63, 3.8) is 0 Å². The van der Waals surface area contributed by atoms with Gasteiger partial charge >= 0.3 is 5.97 Å². The minimum Gasteiger partial charge on any atom is -0.467 e. The number of nitrogens with zero attached hydrogens (tertiary/aromatic N) is 1. The van der Waals surface area contributed by atoms with E-state index in [0.29, 0.717) is 13.0 Å². The van der Waals surface area contributed by atoms with Crippen LogP contribution < -0.4 is 0 Å². The van der Waals surface area contributed by atoms with E-state index in [1.165, 1.54) is 46.1 Å². The Hall–Kier alpha value is -1.39. The number of rotatable bonds is 15. The summed E-state index contributed by atoms with van der Waals surface area (Å²) in [4.78, 5) is 37.7. The lowest BCUT2D eigenvalue weighted by Gasteiger charge is -2.31. The predicted octanol–water partition coefficient (Wildman–Crippen LogP) is 4.52. The fourth-order valence-corrected chi connectivity index (χ4v) is 3.12. The number of Topliss-reactive ketones (excluding diaryl/α,β-unsaturated/α-hetero) is 1. The van der Waals surface area contributed by atoms with Gasteiger partial charge in [0.1, 0.15) is 11.8 Å². The van der Waals surface area contributed by atoms with Crippen molar-refractivity contribution in [1.82, 2.24) is 4.90 Å². The van der Waals surface area contributed by atoms with E-state index in [2.05, 4.69) is 6.92 Å². The van der Waals surface area contributed by atoms with Crippen LogP contribution in [-0.4, -0.2) is 42.3 Å². The maximum Gasteiger partial charge on any atom is 0.328 e. The molecule has 5 nitrogen and oxygen atoms in total. The van der Waals surface area contributed by atoms with Crippen LogP contribution in [0.3, 0.4) is 0 Å². The highest BCUT2D eigenvalue weighted by molar-refractivity contribution is 5.98. The minimum absolute atomic E-state index is 0.150. The van der Waals surface area contributed by atoms with Gasteiger partial charge in [0.05, 0.1) is 13.5 Å². The lowest BCUT2D eigenvalue weighted by molar-refractivity contribution is -0.154. The number of methoxy groups -OCH3 is 1. The third-order valence-corrected chi connectivity index (χ3v) is 4.52. The van der Waals surface area contributed by atoms with Gasteiger partial charge in [-0.15, -0.1) is 0 Å². The topological polar surface area (TPSA) is 63.7 Å². The van der Waals surface area contributed by atoms with Crippen molar-refractivity contribution in [3.05, 3.63) is 0 Å². The molecule has 0 fully saturated rings. The second-order valence-electron chi connectivity index (χ2n) is 7.61. The molecular weight excluding hydrogens is 330 g/mol. The molecule has 0 saturated heterocycles. The molecule has 1 atom stereocenters. The molecule has 0 heterocycles. The van der Waals surface area contributed by atoms with Crippen molar-refractivity contribution in [1.29, 1.82) is 0 Å². The Labute approximate surface area is 159 Å². The largest absolute Gasteiger partial charge is 0.467 e. The maximum absolute atomic E-state index is 12.5. The summed E-state index contributed by atoms with van der Waals surface area (Å²) in [6.45, 7) is 8.15. The first-order valence-corrected chi connectivity index (χ1v) is 10.2. The zero-order valence-electron chi connectivity index (χ0n) is 17.5. The van der Waals surface area contributed by atoms with Crippen LogP contribution in [0.1, 0.15) is 91.9 Å². The third kappa shape index (κ3) is 11.3. The van der Waals surface area contributed by atoms with Gasteiger partial charge in [0.25, 0.3) is 0 Å². The van der Waals surface area contributed by atoms with Crippen LogP contribution in [0.5, 0.6) is 0 Å². The van der Waals surface area contributed by atoms with Crippen LogP contribution in [0.15, 0.2) is 0 Å². The van der Waals surface area contributed by atoms with Crippen LogP contribution >= 0.6 is 0 Å². The van der Waals surface area contributed by atoms with Gasteiger partial charge in [-0.05, 0) is 25.7 Å². The molecule has 0 spiro atoms. The van der Waals surface area contributed by atoms with Crippen molar-refractivity contribution in [2.24, 2.45) is 5.92 Å². The predicted molar refractivity (Wildman–Crippen MR) is 105 cm³/mol. The van der Waals surface area contributed by atoms with Gasteiger partial charge < -0.3 is 9.64 Å². The van der Waals surface area contributed by atoms with Crippen LogP contribution in [0, 0.1) is 5.92 Å². The Morgan fingerprint density at radius 2 is 1.46 bits per heavy atom. The van der Waals surface area contributed by atoms with Gasteiger partial charge in [-0.2, -0.15) is 0 Å². The minimum atomic E-state index is -0.601. The lowest BCUT2D eigenvalue weighted by Crippen LogP contribution is -2.47. The van der Waals surface area contributed by atoms with E-state index in [1.807, 2.05) is 13.8 Å². The molecule has 26 heavy (non-hydrogen) atoms. The smallest absolute Gasteiger partial charge is 0.328 e. The van der Waals surface area contributed by atoms with E-state index in [0.717, 1.165) is 19.3 Å². The molecule has 0 unspecified atom stereocenters. The number of amides is 1. The lowest BCUT2D eigenvalue weighted by atomic mass is 10.0. The molecule has 0 aromatic carbocycles. The second-order valence-corrected chi connectivity index (χ2v) is 7.61. The van der Waals surface area contributed by atoms with Gasteiger partial charge in [0.15, 0.2) is 0 Å². The Bertz CT molecular complexity index is 420. The number of hydrogen-bond acceptors (Lipinski definition) is 4. The van der Waals surface area contributed by atoms with Gasteiger partial charge in [-0.1, -0.05) is 65.7 Å². The number of carbonyl (C=O) groups excluding carboxylic acids is 3. The number of ketones is 1. The van der Waals surface area contributed by atoms with Crippen molar-refractivity contribution < 1.29 is 19.1 Å². The van der Waals surface area contributed by atoms with Gasteiger partial charge in [-0.3, -0.25) is 9.59 Å². The average Bonchev–Trinajstić information content (AvgIpc) is 2.57. The molecule has 1 amide bonds. The molecular formula is C21H39NO4. The summed E-state index contributed by atoms with van der Waals surface area (Å²) in [5.41, 5.74) is 0. The number of esters is 1. The standard InChI is InChI=1S/C21H39NO4/c1-6-7-8-9-10-11-12-13-14-22(20(24)16-18(4)23)19(15-17(2)3)21(25)26-5/h17,19H,6-16H2,1-5H3/t19-/m0/s1. The SMILES string of the molecule is CCCCCCCCCCN(C(=O)CC(C)=O)[C@@H](CC(C)C)C(=O)OC. The highest BCUT2D eigenvalue weighted by Crippen LogP contribution is 2.17. The first-order valence-electron chi connectivity index (χ1n) is 10.2. The fourth-order valence-electron chi connectivity index (χ4n) is 3.12. The van der Waals surface area contributed by atoms with Crippen molar-refractivity contribution in [2.45, 2.75) is 97.9 Å². The first kappa shape index (κ1) is 24.6. The summed E-state index contributed by atoms with van der Waals surface area (Å²) in [5.74, 6) is -0.582. The summed E-state index contributed by atoms with van der Waals surface area (Å²) in [6.07, 6.45) is 9.74. The Balaban J connectivity index is 4.69. The third-order valence-electron chi connectivity index (χ3n) is 4.52. The fraction of sp³-hybridized carbons (Fsp3) is 0.857. The quantitative estimate of drug-likeness (QED) is 0.242. The van der Waals surface area contributed by atoms with Crippen molar-refractivity contribution in [2.75, 3.05) is 13.7 Å². The molecule has 152 valence electrons. The van der Waals surface area contributed by atoms with Gasteiger partial charge in [0, 0.05) is 6.54 Å². The summed E-state index contributed by atoms with van der Waals surface area (Å²) in [6, 6.07) is -0.601. The monoisotopic (exact) mass is 369 g/mol. The number of hydrogen-bond donors (Lipinski definition) is 0. The van der Waals surface area contributed by atoms with E-state index in [9.17, 15) is 14.4 Å². The molecule has 0 radical (unpaired) electrons. The average molecular weight is 370 g/mol. The molecule has 0 aliphatic carbocycles. The van der Waals surface area contributed by atoms with E-state index in [1.54, 1.807) is 4.90 Å². The summed E-state index contributed by atoms with van der Waals surface area (Å²) < 4.78 is 4.91. The second kappa shape index (κ2) is 14.7. The van der Waals surface area contributed by atoms with E-state index < -0.39 is 12.0 Å². The van der Waals surface area contributed by atoms with E-state index in [-0.39, 0.29) is 24.0 Å². The Kier molecular flexibility index (Phi) is 14.0. The first-order chi connectivity index (χ1) is 12.3. The van der Waals surface area contributed by atoms with E-state index >= 15 is 0 Å². The Morgan fingerprint density at radius 1 is 0.923 bits per heavy atom. The molecule has 0 aliphatic heterocycles. The molecule has 5 heteroatoms. The van der Waals surface area contributed by atoms with Crippen LogP contribution in [-0.2, 0) is 19.1 Å². The maximum atomic E-state index is 12.5. The van der Waals surface area contributed by atoms with Crippen LogP contribution in [0.25, 0.3) is 0 Å². The molecule has 0 bridgehead atoms. The zero-order chi connectivity index (χ0) is 19.9.